The Morgan fingerprint density at radius 3 is 2.72 bits per heavy atom. The van der Waals surface area contributed by atoms with E-state index in [2.05, 4.69) is 4.98 Å². The van der Waals surface area contributed by atoms with Gasteiger partial charge in [0.15, 0.2) is 0 Å². The van der Waals surface area contributed by atoms with Gasteiger partial charge in [0, 0.05) is 11.9 Å². The lowest BCUT2D eigenvalue weighted by Crippen LogP contribution is -2.38. The largest absolute Gasteiger partial charge is 0.480 e. The topological polar surface area (TPSA) is 53.4 Å². The van der Waals surface area contributed by atoms with E-state index in [9.17, 15) is 18.0 Å². The van der Waals surface area contributed by atoms with Crippen LogP contribution in [-0.2, 0) is 11.0 Å². The fourth-order valence-electron chi connectivity index (χ4n) is 1.60. The third-order valence-corrected chi connectivity index (χ3v) is 3.55. The summed E-state index contributed by atoms with van der Waals surface area (Å²) in [5, 5.41) is 8.97. The Balaban J connectivity index is 2.22. The lowest BCUT2D eigenvalue weighted by molar-refractivity contribution is -0.139. The number of hydrogen-bond acceptors (Lipinski definition) is 4. The van der Waals surface area contributed by atoms with Gasteiger partial charge in [0.25, 0.3) is 0 Å². The van der Waals surface area contributed by atoms with Crippen LogP contribution in [0.3, 0.4) is 0 Å². The molecule has 1 aromatic heterocycles. The molecule has 8 heteroatoms. The van der Waals surface area contributed by atoms with Gasteiger partial charge in [-0.05, 0) is 12.1 Å². The van der Waals surface area contributed by atoms with E-state index in [4.69, 9.17) is 5.11 Å². The van der Waals surface area contributed by atoms with E-state index in [1.54, 1.807) is 0 Å². The Bertz CT molecular complexity index is 449. The first-order chi connectivity index (χ1) is 8.39. The van der Waals surface area contributed by atoms with Crippen LogP contribution in [-0.4, -0.2) is 33.7 Å². The van der Waals surface area contributed by atoms with Crippen molar-refractivity contribution in [2.75, 3.05) is 16.5 Å². The lowest BCUT2D eigenvalue weighted by atomic mass is 10.2. The molecule has 1 atom stereocenters. The smallest absolute Gasteiger partial charge is 0.417 e. The minimum absolute atomic E-state index is 0.250. The molecule has 0 aliphatic carbocycles. The summed E-state index contributed by atoms with van der Waals surface area (Å²) in [6.45, 7) is 0. The molecule has 1 aliphatic rings. The van der Waals surface area contributed by atoms with Gasteiger partial charge in [-0.25, -0.2) is 9.78 Å². The van der Waals surface area contributed by atoms with Crippen LogP contribution in [0.4, 0.5) is 19.0 Å². The molecule has 0 unspecified atom stereocenters. The third-order valence-electron chi connectivity index (χ3n) is 2.54. The highest BCUT2D eigenvalue weighted by Gasteiger charge is 2.34. The predicted octanol–water partition coefficient (Wildman–Crippen LogP) is 2.06. The fourth-order valence-corrected chi connectivity index (χ4v) is 2.76. The second-order valence-electron chi connectivity index (χ2n) is 3.73. The summed E-state index contributed by atoms with van der Waals surface area (Å²) < 4.78 is 37.0. The molecule has 0 spiro atoms. The molecule has 1 aromatic rings. The molecule has 1 fully saturated rings. The Hall–Kier alpha value is -1.44. The van der Waals surface area contributed by atoms with Crippen LogP contribution in [0.15, 0.2) is 18.3 Å². The van der Waals surface area contributed by atoms with Crippen molar-refractivity contribution in [3.63, 3.8) is 0 Å². The Labute approximate surface area is 105 Å². The number of alkyl halides is 3. The molecule has 2 rings (SSSR count). The van der Waals surface area contributed by atoms with Crippen LogP contribution in [0.2, 0.25) is 0 Å². The Morgan fingerprint density at radius 1 is 1.50 bits per heavy atom. The van der Waals surface area contributed by atoms with Crippen molar-refractivity contribution in [1.29, 1.82) is 0 Å². The third kappa shape index (κ3) is 2.53. The van der Waals surface area contributed by atoms with Crippen LogP contribution in [0.1, 0.15) is 5.56 Å². The zero-order valence-electron chi connectivity index (χ0n) is 9.02. The van der Waals surface area contributed by atoms with Crippen molar-refractivity contribution in [2.45, 2.75) is 12.2 Å². The molecule has 1 N–H and O–H groups in total. The van der Waals surface area contributed by atoms with Crippen molar-refractivity contribution < 1.29 is 23.1 Å². The summed E-state index contributed by atoms with van der Waals surface area (Å²) in [7, 11) is 0. The van der Waals surface area contributed by atoms with Gasteiger partial charge >= 0.3 is 12.1 Å². The average molecular weight is 278 g/mol. The van der Waals surface area contributed by atoms with E-state index in [1.165, 1.54) is 22.7 Å². The molecule has 2 heterocycles. The van der Waals surface area contributed by atoms with E-state index < -0.39 is 23.8 Å². The summed E-state index contributed by atoms with van der Waals surface area (Å²) in [4.78, 5) is 16.1. The van der Waals surface area contributed by atoms with Crippen molar-refractivity contribution in [2.24, 2.45) is 0 Å². The van der Waals surface area contributed by atoms with E-state index in [0.29, 0.717) is 11.6 Å². The summed E-state index contributed by atoms with van der Waals surface area (Å²) in [5.41, 5.74) is -0.843. The summed E-state index contributed by atoms with van der Waals surface area (Å²) in [5.74, 6) is 0.0648. The molecule has 18 heavy (non-hydrogen) atoms. The standard InChI is InChI=1S/C10H9F3N2O2S/c11-10(12,13)6-1-2-8(14-3-6)15-5-18-4-7(15)9(16)17/h1-3,7H,4-5H2,(H,16,17)/t7-/m0/s1. The molecule has 0 aromatic carbocycles. The van der Waals surface area contributed by atoms with Gasteiger partial charge in [0.2, 0.25) is 0 Å². The van der Waals surface area contributed by atoms with Crippen LogP contribution in [0, 0.1) is 0 Å². The summed E-state index contributed by atoms with van der Waals surface area (Å²) >= 11 is 1.41. The zero-order valence-corrected chi connectivity index (χ0v) is 9.83. The monoisotopic (exact) mass is 278 g/mol. The number of aromatic nitrogens is 1. The molecule has 0 amide bonds. The maximum absolute atomic E-state index is 12.3. The maximum Gasteiger partial charge on any atom is 0.417 e. The van der Waals surface area contributed by atoms with E-state index >= 15 is 0 Å². The van der Waals surface area contributed by atoms with Crippen LogP contribution in [0.25, 0.3) is 0 Å². The molecule has 1 saturated heterocycles. The number of carboxylic acids is 1. The first-order valence-corrected chi connectivity index (χ1v) is 6.15. The van der Waals surface area contributed by atoms with Crippen LogP contribution >= 0.6 is 11.8 Å². The first kappa shape index (κ1) is 13.0. The van der Waals surface area contributed by atoms with E-state index in [-0.39, 0.29) is 5.82 Å². The number of carboxylic acid groups (broad SMARTS) is 1. The van der Waals surface area contributed by atoms with Gasteiger partial charge in [-0.2, -0.15) is 13.2 Å². The fraction of sp³-hybridized carbons (Fsp3) is 0.400. The number of carbonyl (C=O) groups is 1. The predicted molar refractivity (Wildman–Crippen MR) is 60.5 cm³/mol. The molecule has 0 bridgehead atoms. The van der Waals surface area contributed by atoms with Crippen molar-refractivity contribution >= 4 is 23.5 Å². The SMILES string of the molecule is O=C(O)[C@@H]1CSCN1c1ccc(C(F)(F)F)cn1. The molecule has 0 radical (unpaired) electrons. The summed E-state index contributed by atoms with van der Waals surface area (Å²) in [6.07, 6.45) is -3.71. The first-order valence-electron chi connectivity index (χ1n) is 5.00. The quantitative estimate of drug-likeness (QED) is 0.897. The molecule has 1 aliphatic heterocycles. The van der Waals surface area contributed by atoms with Gasteiger partial charge in [0.05, 0.1) is 11.4 Å². The van der Waals surface area contributed by atoms with Gasteiger partial charge in [-0.3, -0.25) is 0 Å². The van der Waals surface area contributed by atoms with E-state index in [1.807, 2.05) is 0 Å². The van der Waals surface area contributed by atoms with Gasteiger partial charge in [-0.1, -0.05) is 0 Å². The Morgan fingerprint density at radius 2 is 2.22 bits per heavy atom. The second kappa shape index (κ2) is 4.68. The minimum atomic E-state index is -4.43. The highest BCUT2D eigenvalue weighted by molar-refractivity contribution is 7.99. The Kier molecular flexibility index (Phi) is 3.38. The number of aliphatic carboxylic acids is 1. The van der Waals surface area contributed by atoms with Crippen LogP contribution in [0.5, 0.6) is 0 Å². The number of hydrogen-bond donors (Lipinski definition) is 1. The van der Waals surface area contributed by atoms with Crippen LogP contribution < -0.4 is 4.90 Å². The number of nitrogens with zero attached hydrogens (tertiary/aromatic N) is 2. The summed E-state index contributed by atoms with van der Waals surface area (Å²) in [6, 6.07) is 1.37. The molecular formula is C10H9F3N2O2S. The molecular weight excluding hydrogens is 269 g/mol. The normalized spacial score (nSPS) is 20.2. The van der Waals surface area contributed by atoms with Gasteiger partial charge in [0.1, 0.15) is 11.9 Å². The number of anilines is 1. The number of rotatable bonds is 2. The number of halogens is 3. The van der Waals surface area contributed by atoms with Gasteiger partial charge < -0.3 is 10.0 Å². The number of pyridine rings is 1. The van der Waals surface area contributed by atoms with Crippen molar-refractivity contribution in [3.8, 4) is 0 Å². The highest BCUT2D eigenvalue weighted by atomic mass is 32.2. The second-order valence-corrected chi connectivity index (χ2v) is 4.73. The lowest BCUT2D eigenvalue weighted by Gasteiger charge is -2.21. The van der Waals surface area contributed by atoms with Crippen molar-refractivity contribution in [3.05, 3.63) is 23.9 Å². The van der Waals surface area contributed by atoms with Crippen molar-refractivity contribution in [1.82, 2.24) is 4.98 Å². The number of thioether (sulfide) groups is 1. The highest BCUT2D eigenvalue weighted by Crippen LogP contribution is 2.31. The molecule has 4 nitrogen and oxygen atoms in total. The van der Waals surface area contributed by atoms with E-state index in [0.717, 1.165) is 12.3 Å². The zero-order chi connectivity index (χ0) is 13.3. The molecule has 98 valence electrons. The van der Waals surface area contributed by atoms with Gasteiger partial charge in [-0.15, -0.1) is 11.8 Å². The average Bonchev–Trinajstić information content (AvgIpc) is 2.77. The molecule has 0 saturated carbocycles. The maximum atomic E-state index is 12.3. The minimum Gasteiger partial charge on any atom is -0.480 e.